The number of methoxy groups -OCH3 is 1. The molecule has 1 aromatic carbocycles. The third-order valence-corrected chi connectivity index (χ3v) is 4.71. The van der Waals surface area contributed by atoms with Gasteiger partial charge < -0.3 is 15.4 Å². The number of nitrogens with zero attached hydrogens (tertiary/aromatic N) is 2. The van der Waals surface area contributed by atoms with Gasteiger partial charge in [-0.2, -0.15) is 0 Å². The Balaban J connectivity index is 1.85. The van der Waals surface area contributed by atoms with Crippen molar-refractivity contribution in [2.45, 2.75) is 33.2 Å². The first-order valence-electron chi connectivity index (χ1n) is 8.33. The Hall–Kier alpha value is -2.08. The molecule has 0 saturated carbocycles. The number of aliphatic imine (C=N–C) groups is 1. The Bertz CT molecular complexity index is 637. The highest BCUT2D eigenvalue weighted by atomic mass is 32.1. The van der Waals surface area contributed by atoms with Crippen molar-refractivity contribution in [1.82, 2.24) is 15.6 Å². The number of hydrogen-bond donors (Lipinski definition) is 2. The zero-order valence-electron chi connectivity index (χ0n) is 14.6. The Kier molecular flexibility index (Phi) is 7.55. The molecule has 0 unspecified atom stereocenters. The zero-order valence-corrected chi connectivity index (χ0v) is 15.4. The van der Waals surface area contributed by atoms with Gasteiger partial charge >= 0.3 is 0 Å². The molecule has 0 bridgehead atoms. The smallest absolute Gasteiger partial charge is 0.191 e. The molecular formula is C18H26N4OS. The molecule has 5 nitrogen and oxygen atoms in total. The van der Waals surface area contributed by atoms with Crippen LogP contribution >= 0.6 is 11.3 Å². The van der Waals surface area contributed by atoms with Gasteiger partial charge in [0.15, 0.2) is 5.96 Å². The highest BCUT2D eigenvalue weighted by Crippen LogP contribution is 2.13. The molecule has 2 aromatic rings. The lowest BCUT2D eigenvalue weighted by Crippen LogP contribution is -2.38. The molecule has 6 heteroatoms. The van der Waals surface area contributed by atoms with E-state index >= 15 is 0 Å². The monoisotopic (exact) mass is 346 g/mol. The van der Waals surface area contributed by atoms with Gasteiger partial charge in [-0.1, -0.05) is 19.1 Å². The predicted molar refractivity (Wildman–Crippen MR) is 101 cm³/mol. The van der Waals surface area contributed by atoms with Crippen molar-refractivity contribution in [2.75, 3.05) is 20.2 Å². The first-order valence-corrected chi connectivity index (χ1v) is 9.15. The highest BCUT2D eigenvalue weighted by molar-refractivity contribution is 7.11. The molecule has 2 rings (SSSR count). The van der Waals surface area contributed by atoms with Crippen molar-refractivity contribution >= 4 is 17.3 Å². The number of nitrogens with one attached hydrogen (secondary N) is 2. The van der Waals surface area contributed by atoms with Crippen LogP contribution in [0.4, 0.5) is 0 Å². The second-order valence-electron chi connectivity index (χ2n) is 5.29. The van der Waals surface area contributed by atoms with Gasteiger partial charge in [0.1, 0.15) is 5.75 Å². The van der Waals surface area contributed by atoms with Crippen molar-refractivity contribution < 1.29 is 4.74 Å². The topological polar surface area (TPSA) is 58.5 Å². The molecule has 0 spiro atoms. The van der Waals surface area contributed by atoms with Gasteiger partial charge in [-0.3, -0.25) is 0 Å². The van der Waals surface area contributed by atoms with E-state index in [0.717, 1.165) is 43.2 Å². The van der Waals surface area contributed by atoms with E-state index in [-0.39, 0.29) is 0 Å². The maximum atomic E-state index is 5.17. The third kappa shape index (κ3) is 5.85. The van der Waals surface area contributed by atoms with E-state index in [0.29, 0.717) is 6.54 Å². The minimum Gasteiger partial charge on any atom is -0.497 e. The lowest BCUT2D eigenvalue weighted by Gasteiger charge is -2.10. The van der Waals surface area contributed by atoms with Crippen molar-refractivity contribution in [3.63, 3.8) is 0 Å². The second kappa shape index (κ2) is 9.93. The largest absolute Gasteiger partial charge is 0.497 e. The van der Waals surface area contributed by atoms with E-state index < -0.39 is 0 Å². The van der Waals surface area contributed by atoms with Gasteiger partial charge in [-0.15, -0.1) is 11.3 Å². The van der Waals surface area contributed by atoms with Gasteiger partial charge in [0.2, 0.25) is 0 Å². The summed E-state index contributed by atoms with van der Waals surface area (Å²) in [6, 6.07) is 7.99. The summed E-state index contributed by atoms with van der Waals surface area (Å²) in [4.78, 5) is 10.4. The molecule has 0 radical (unpaired) electrons. The number of benzene rings is 1. The average molecular weight is 347 g/mol. The summed E-state index contributed by atoms with van der Waals surface area (Å²) < 4.78 is 5.17. The van der Waals surface area contributed by atoms with E-state index in [9.17, 15) is 0 Å². The third-order valence-electron chi connectivity index (χ3n) is 3.50. The summed E-state index contributed by atoms with van der Waals surface area (Å²) >= 11 is 1.79. The van der Waals surface area contributed by atoms with Crippen LogP contribution in [0.1, 0.15) is 29.3 Å². The molecule has 0 saturated heterocycles. The standard InChI is InChI=1S/C18H26N4OS/c1-4-16-13-21-17(24-16)10-11-20-18(19-5-2)22-12-14-6-8-15(23-3)9-7-14/h6-9,13H,4-5,10-12H2,1-3H3,(H2,19,20,22). The summed E-state index contributed by atoms with van der Waals surface area (Å²) in [5.41, 5.74) is 1.15. The van der Waals surface area contributed by atoms with E-state index in [1.54, 1.807) is 18.4 Å². The Morgan fingerprint density at radius 1 is 1.21 bits per heavy atom. The molecule has 0 fully saturated rings. The zero-order chi connectivity index (χ0) is 17.2. The Labute approximate surface area is 148 Å². The summed E-state index contributed by atoms with van der Waals surface area (Å²) in [6.45, 7) is 6.52. The molecule has 1 heterocycles. The first-order chi connectivity index (χ1) is 11.7. The normalized spacial score (nSPS) is 11.4. The van der Waals surface area contributed by atoms with Gasteiger partial charge in [-0.25, -0.2) is 9.98 Å². The minimum absolute atomic E-state index is 0.635. The lowest BCUT2D eigenvalue weighted by atomic mass is 10.2. The summed E-state index contributed by atoms with van der Waals surface area (Å²) in [5.74, 6) is 1.70. The number of rotatable bonds is 8. The molecule has 1 aromatic heterocycles. The number of aryl methyl sites for hydroxylation is 1. The fraction of sp³-hybridized carbons (Fsp3) is 0.444. The molecule has 0 atom stereocenters. The molecule has 0 aliphatic rings. The van der Waals surface area contributed by atoms with Gasteiger partial charge in [0, 0.05) is 30.6 Å². The van der Waals surface area contributed by atoms with E-state index in [1.807, 2.05) is 30.5 Å². The van der Waals surface area contributed by atoms with Gasteiger partial charge in [-0.05, 0) is 31.0 Å². The molecular weight excluding hydrogens is 320 g/mol. The minimum atomic E-state index is 0.635. The van der Waals surface area contributed by atoms with Crippen LogP contribution in [0.5, 0.6) is 5.75 Å². The second-order valence-corrected chi connectivity index (χ2v) is 6.49. The molecule has 24 heavy (non-hydrogen) atoms. The van der Waals surface area contributed by atoms with Crippen molar-refractivity contribution in [3.05, 3.63) is 45.9 Å². The van der Waals surface area contributed by atoms with Crippen molar-refractivity contribution in [2.24, 2.45) is 4.99 Å². The van der Waals surface area contributed by atoms with Crippen LogP contribution in [-0.2, 0) is 19.4 Å². The molecule has 130 valence electrons. The predicted octanol–water partition coefficient (Wildman–Crippen LogP) is 3.01. The summed E-state index contributed by atoms with van der Waals surface area (Å²) in [6.07, 6.45) is 3.94. The van der Waals surface area contributed by atoms with E-state index in [1.165, 1.54) is 9.88 Å². The number of ether oxygens (including phenoxy) is 1. The van der Waals surface area contributed by atoms with Crippen LogP contribution in [0.2, 0.25) is 0 Å². The van der Waals surface area contributed by atoms with Crippen molar-refractivity contribution in [1.29, 1.82) is 0 Å². The summed E-state index contributed by atoms with van der Waals surface area (Å²) in [5, 5.41) is 7.82. The fourth-order valence-electron chi connectivity index (χ4n) is 2.16. The SMILES string of the molecule is CCNC(=NCc1ccc(OC)cc1)NCCc1ncc(CC)s1. The Morgan fingerprint density at radius 3 is 2.62 bits per heavy atom. The average Bonchev–Trinajstić information content (AvgIpc) is 3.08. The fourth-order valence-corrected chi connectivity index (χ4v) is 3.02. The molecule has 2 N–H and O–H groups in total. The molecule has 0 aliphatic carbocycles. The Morgan fingerprint density at radius 2 is 2.00 bits per heavy atom. The van der Waals surface area contributed by atoms with Crippen molar-refractivity contribution in [3.8, 4) is 5.75 Å². The lowest BCUT2D eigenvalue weighted by molar-refractivity contribution is 0.414. The van der Waals surface area contributed by atoms with Crippen LogP contribution in [0.3, 0.4) is 0 Å². The van der Waals surface area contributed by atoms with E-state index in [2.05, 4.69) is 34.5 Å². The maximum absolute atomic E-state index is 5.17. The molecule has 0 aliphatic heterocycles. The highest BCUT2D eigenvalue weighted by Gasteiger charge is 2.02. The summed E-state index contributed by atoms with van der Waals surface area (Å²) in [7, 11) is 1.67. The van der Waals surface area contributed by atoms with Crippen LogP contribution < -0.4 is 15.4 Å². The van der Waals surface area contributed by atoms with Crippen LogP contribution in [0, 0.1) is 0 Å². The molecule has 0 amide bonds. The maximum Gasteiger partial charge on any atom is 0.191 e. The van der Waals surface area contributed by atoms with Crippen LogP contribution in [0.15, 0.2) is 35.5 Å². The van der Waals surface area contributed by atoms with Crippen LogP contribution in [-0.4, -0.2) is 31.1 Å². The number of guanidine groups is 1. The van der Waals surface area contributed by atoms with Crippen LogP contribution in [0.25, 0.3) is 0 Å². The van der Waals surface area contributed by atoms with Gasteiger partial charge in [0.25, 0.3) is 0 Å². The number of thiazole rings is 1. The quantitative estimate of drug-likeness (QED) is 0.570. The number of aromatic nitrogens is 1. The number of hydrogen-bond acceptors (Lipinski definition) is 4. The first kappa shape index (κ1) is 18.3. The van der Waals surface area contributed by atoms with E-state index in [4.69, 9.17) is 4.74 Å². The van der Waals surface area contributed by atoms with Gasteiger partial charge in [0.05, 0.1) is 18.7 Å².